The zero-order valence-electron chi connectivity index (χ0n) is 12.6. The summed E-state index contributed by atoms with van der Waals surface area (Å²) in [5.74, 6) is 0.769. The van der Waals surface area contributed by atoms with E-state index in [1.54, 1.807) is 6.07 Å². The van der Waals surface area contributed by atoms with Crippen molar-refractivity contribution in [2.75, 3.05) is 5.32 Å². The quantitative estimate of drug-likeness (QED) is 0.891. The Morgan fingerprint density at radius 1 is 1.09 bits per heavy atom. The van der Waals surface area contributed by atoms with E-state index < -0.39 is 0 Å². The number of anilines is 1. The van der Waals surface area contributed by atoms with Crippen LogP contribution in [-0.4, -0.2) is 12.0 Å². The van der Waals surface area contributed by atoms with Gasteiger partial charge in [0.15, 0.2) is 5.76 Å². The lowest BCUT2D eigenvalue weighted by Gasteiger charge is -2.21. The second-order valence-electron chi connectivity index (χ2n) is 5.66. The molecular formula is C18H21NO3. The van der Waals surface area contributed by atoms with Crippen molar-refractivity contribution in [1.29, 1.82) is 0 Å². The molecule has 0 bridgehead atoms. The number of nitrogens with one attached hydrogen (secondary N) is 1. The molecule has 116 valence electrons. The smallest absolute Gasteiger partial charge is 0.291 e. The Labute approximate surface area is 130 Å². The average Bonchev–Trinajstić information content (AvgIpc) is 3.04. The van der Waals surface area contributed by atoms with Gasteiger partial charge >= 0.3 is 0 Å². The molecule has 1 aliphatic carbocycles. The van der Waals surface area contributed by atoms with Crippen LogP contribution in [0.4, 0.5) is 5.69 Å². The van der Waals surface area contributed by atoms with Gasteiger partial charge in [-0.1, -0.05) is 37.5 Å². The molecule has 1 fully saturated rings. The van der Waals surface area contributed by atoms with Crippen LogP contribution in [0.15, 0.2) is 46.9 Å². The monoisotopic (exact) mass is 299 g/mol. The molecule has 22 heavy (non-hydrogen) atoms. The van der Waals surface area contributed by atoms with Crippen LogP contribution in [0.25, 0.3) is 0 Å². The molecule has 0 radical (unpaired) electrons. The minimum Gasteiger partial charge on any atom is -0.453 e. The predicted octanol–water partition coefficient (Wildman–Crippen LogP) is 4.38. The van der Waals surface area contributed by atoms with Crippen LogP contribution in [-0.2, 0) is 11.3 Å². The van der Waals surface area contributed by atoms with Crippen LogP contribution in [0.2, 0.25) is 0 Å². The van der Waals surface area contributed by atoms with Crippen LogP contribution in [0.1, 0.15) is 48.4 Å². The van der Waals surface area contributed by atoms with E-state index in [0.717, 1.165) is 18.5 Å². The molecule has 0 saturated heterocycles. The van der Waals surface area contributed by atoms with Crippen LogP contribution >= 0.6 is 0 Å². The summed E-state index contributed by atoms with van der Waals surface area (Å²) in [7, 11) is 0. The number of benzene rings is 1. The predicted molar refractivity (Wildman–Crippen MR) is 84.8 cm³/mol. The van der Waals surface area contributed by atoms with E-state index in [0.29, 0.717) is 24.2 Å². The number of hydrogen-bond acceptors (Lipinski definition) is 3. The molecule has 1 N–H and O–H groups in total. The Morgan fingerprint density at radius 2 is 1.86 bits per heavy atom. The first-order valence-electron chi connectivity index (χ1n) is 7.88. The summed E-state index contributed by atoms with van der Waals surface area (Å²) in [4.78, 5) is 12.1. The van der Waals surface area contributed by atoms with Gasteiger partial charge in [-0.2, -0.15) is 0 Å². The van der Waals surface area contributed by atoms with Crippen molar-refractivity contribution in [3.8, 4) is 0 Å². The molecule has 1 amide bonds. The van der Waals surface area contributed by atoms with Gasteiger partial charge in [0.05, 0.1) is 6.10 Å². The third-order valence-electron chi connectivity index (χ3n) is 3.93. The Balaban J connectivity index is 1.53. The molecule has 0 spiro atoms. The van der Waals surface area contributed by atoms with Gasteiger partial charge in [-0.25, -0.2) is 0 Å². The molecule has 0 aliphatic heterocycles. The molecule has 0 unspecified atom stereocenters. The molecule has 0 atom stereocenters. The minimum atomic E-state index is -0.241. The largest absolute Gasteiger partial charge is 0.453 e. The van der Waals surface area contributed by atoms with Gasteiger partial charge in [0.1, 0.15) is 12.4 Å². The molecule has 1 aromatic heterocycles. The zero-order chi connectivity index (χ0) is 15.2. The number of ether oxygens (including phenoxy) is 1. The lowest BCUT2D eigenvalue weighted by Crippen LogP contribution is -2.16. The van der Waals surface area contributed by atoms with Crippen molar-refractivity contribution in [2.45, 2.75) is 44.8 Å². The number of furan rings is 1. The Hall–Kier alpha value is -2.07. The lowest BCUT2D eigenvalue weighted by molar-refractivity contribution is 0.00849. The van der Waals surface area contributed by atoms with Crippen molar-refractivity contribution >= 4 is 11.6 Å². The first-order valence-corrected chi connectivity index (χ1v) is 7.88. The van der Waals surface area contributed by atoms with Gasteiger partial charge in [0.2, 0.25) is 0 Å². The van der Waals surface area contributed by atoms with Crippen molar-refractivity contribution < 1.29 is 13.9 Å². The summed E-state index contributed by atoms with van der Waals surface area (Å²) >= 11 is 0. The number of carbonyl (C=O) groups excluding carboxylic acids is 1. The van der Waals surface area contributed by atoms with Gasteiger partial charge in [-0.3, -0.25) is 4.79 Å². The van der Waals surface area contributed by atoms with Crippen molar-refractivity contribution in [3.63, 3.8) is 0 Å². The maximum atomic E-state index is 12.1. The number of para-hydroxylation sites is 1. The van der Waals surface area contributed by atoms with Crippen molar-refractivity contribution in [1.82, 2.24) is 0 Å². The normalized spacial score (nSPS) is 15.6. The van der Waals surface area contributed by atoms with E-state index in [9.17, 15) is 4.79 Å². The lowest BCUT2D eigenvalue weighted by atomic mass is 9.98. The molecule has 1 heterocycles. The van der Waals surface area contributed by atoms with E-state index in [2.05, 4.69) is 5.32 Å². The summed E-state index contributed by atoms with van der Waals surface area (Å²) in [6.45, 7) is 0.434. The maximum absolute atomic E-state index is 12.1. The molecule has 4 nitrogen and oxygen atoms in total. The molecule has 2 aromatic rings. The summed E-state index contributed by atoms with van der Waals surface area (Å²) in [6, 6.07) is 12.8. The maximum Gasteiger partial charge on any atom is 0.291 e. The number of carbonyl (C=O) groups is 1. The van der Waals surface area contributed by atoms with E-state index in [-0.39, 0.29) is 5.91 Å². The topological polar surface area (TPSA) is 51.5 Å². The molecule has 1 aromatic carbocycles. The van der Waals surface area contributed by atoms with Gasteiger partial charge in [0, 0.05) is 5.69 Å². The fraction of sp³-hybridized carbons (Fsp3) is 0.389. The highest BCUT2D eigenvalue weighted by molar-refractivity contribution is 6.02. The highest BCUT2D eigenvalue weighted by atomic mass is 16.5. The van der Waals surface area contributed by atoms with Crippen molar-refractivity contribution in [2.24, 2.45) is 0 Å². The van der Waals surface area contributed by atoms with E-state index in [1.807, 2.05) is 36.4 Å². The second-order valence-corrected chi connectivity index (χ2v) is 5.66. The fourth-order valence-electron chi connectivity index (χ4n) is 2.72. The van der Waals surface area contributed by atoms with Gasteiger partial charge in [0.25, 0.3) is 5.91 Å². The third-order valence-corrected chi connectivity index (χ3v) is 3.93. The van der Waals surface area contributed by atoms with Gasteiger partial charge in [-0.15, -0.1) is 0 Å². The zero-order valence-corrected chi connectivity index (χ0v) is 12.6. The fourth-order valence-corrected chi connectivity index (χ4v) is 2.72. The average molecular weight is 299 g/mol. The molecule has 1 saturated carbocycles. The molecular weight excluding hydrogens is 278 g/mol. The SMILES string of the molecule is O=C(Nc1ccccc1)c1ccc(COC2CCCCC2)o1. The van der Waals surface area contributed by atoms with Gasteiger partial charge in [-0.05, 0) is 37.1 Å². The summed E-state index contributed by atoms with van der Waals surface area (Å²) in [5.41, 5.74) is 0.754. The number of hydrogen-bond donors (Lipinski definition) is 1. The Kier molecular flexibility index (Phi) is 4.91. The highest BCUT2D eigenvalue weighted by Crippen LogP contribution is 2.22. The summed E-state index contributed by atoms with van der Waals surface area (Å²) in [5, 5.41) is 2.80. The van der Waals surface area contributed by atoms with E-state index in [4.69, 9.17) is 9.15 Å². The van der Waals surface area contributed by atoms with Crippen LogP contribution < -0.4 is 5.32 Å². The second kappa shape index (κ2) is 7.27. The van der Waals surface area contributed by atoms with E-state index >= 15 is 0 Å². The van der Waals surface area contributed by atoms with Crippen LogP contribution in [0.5, 0.6) is 0 Å². The minimum absolute atomic E-state index is 0.241. The first kappa shape index (κ1) is 14.9. The Morgan fingerprint density at radius 3 is 2.64 bits per heavy atom. The van der Waals surface area contributed by atoms with Crippen LogP contribution in [0, 0.1) is 0 Å². The summed E-state index contributed by atoms with van der Waals surface area (Å²) in [6.07, 6.45) is 6.38. The number of amides is 1. The highest BCUT2D eigenvalue weighted by Gasteiger charge is 2.16. The number of rotatable bonds is 5. The Bertz CT molecular complexity index is 600. The third kappa shape index (κ3) is 3.98. The molecule has 1 aliphatic rings. The van der Waals surface area contributed by atoms with E-state index in [1.165, 1.54) is 19.3 Å². The summed E-state index contributed by atoms with van der Waals surface area (Å²) < 4.78 is 11.4. The standard InChI is InChI=1S/C18H21NO3/c20-18(19-14-7-3-1-4-8-14)17-12-11-16(22-17)13-21-15-9-5-2-6-10-15/h1,3-4,7-8,11-12,15H,2,5-6,9-10,13H2,(H,19,20). The van der Waals surface area contributed by atoms with Crippen LogP contribution in [0.3, 0.4) is 0 Å². The molecule has 4 heteroatoms. The van der Waals surface area contributed by atoms with Crippen molar-refractivity contribution in [3.05, 3.63) is 54.0 Å². The first-order chi connectivity index (χ1) is 10.8. The molecule has 3 rings (SSSR count). The van der Waals surface area contributed by atoms with Gasteiger partial charge < -0.3 is 14.5 Å².